The molecule has 0 radical (unpaired) electrons. The number of fused-ring (bicyclic) bond motifs is 3. The third-order valence-corrected chi connectivity index (χ3v) is 4.05. The van der Waals surface area contributed by atoms with Crippen molar-refractivity contribution in [3.63, 3.8) is 0 Å². The summed E-state index contributed by atoms with van der Waals surface area (Å²) >= 11 is 0. The van der Waals surface area contributed by atoms with Gasteiger partial charge < -0.3 is 28.4 Å². The molecule has 3 aliphatic heterocycles. The number of ether oxygens (including phenoxy) is 6. The molecule has 0 aromatic rings. The van der Waals surface area contributed by atoms with E-state index < -0.39 is 29.4 Å². The van der Waals surface area contributed by atoms with Gasteiger partial charge in [-0.3, -0.25) is 0 Å². The molecule has 0 aromatic carbocycles. The largest absolute Gasteiger partial charge is 0.456 e. The van der Waals surface area contributed by atoms with Gasteiger partial charge in [-0.2, -0.15) is 0 Å². The van der Waals surface area contributed by atoms with E-state index in [1.807, 2.05) is 13.8 Å². The van der Waals surface area contributed by atoms with E-state index in [1.165, 1.54) is 0 Å². The lowest BCUT2D eigenvalue weighted by molar-refractivity contribution is -0.330. The van der Waals surface area contributed by atoms with Crippen molar-refractivity contribution in [2.45, 2.75) is 70.3 Å². The van der Waals surface area contributed by atoms with Gasteiger partial charge in [0.15, 0.2) is 11.6 Å². The predicted molar refractivity (Wildman–Crippen MR) is 78.3 cm³/mol. The van der Waals surface area contributed by atoms with Crippen LogP contribution in [-0.4, -0.2) is 54.9 Å². The number of carbonyl (C=O) groups is 1. The Bertz CT molecular complexity index is 527. The molecule has 23 heavy (non-hydrogen) atoms. The second-order valence-corrected chi connectivity index (χ2v) is 7.16. The highest BCUT2D eigenvalue weighted by molar-refractivity contribution is 5.86. The predicted octanol–water partition coefficient (Wildman–Crippen LogP) is 1.50. The van der Waals surface area contributed by atoms with Crippen molar-refractivity contribution in [3.8, 4) is 0 Å². The lowest BCUT2D eigenvalue weighted by Crippen LogP contribution is -2.51. The number of rotatable bonds is 3. The van der Waals surface area contributed by atoms with Gasteiger partial charge in [-0.15, -0.1) is 0 Å². The van der Waals surface area contributed by atoms with Crippen LogP contribution in [0.2, 0.25) is 0 Å². The fourth-order valence-electron chi connectivity index (χ4n) is 3.17. The third-order valence-electron chi connectivity index (χ3n) is 4.05. The fraction of sp³-hybridized carbons (Fsp3) is 0.812. The van der Waals surface area contributed by atoms with E-state index in [9.17, 15) is 4.79 Å². The summed E-state index contributed by atoms with van der Waals surface area (Å²) in [6.45, 7) is 12.7. The Hall–Kier alpha value is -0.990. The number of carbonyl (C=O) groups excluding carboxylic acids is 1. The van der Waals surface area contributed by atoms with Crippen molar-refractivity contribution in [1.29, 1.82) is 0 Å². The molecule has 0 bridgehead atoms. The molecule has 0 amide bonds. The third kappa shape index (κ3) is 3.04. The molecule has 0 spiro atoms. The van der Waals surface area contributed by atoms with E-state index in [-0.39, 0.29) is 18.8 Å². The number of esters is 1. The van der Waals surface area contributed by atoms with Crippen molar-refractivity contribution < 1.29 is 33.2 Å². The molecule has 0 unspecified atom stereocenters. The van der Waals surface area contributed by atoms with Gasteiger partial charge in [0.2, 0.25) is 5.79 Å². The second kappa shape index (κ2) is 5.26. The van der Waals surface area contributed by atoms with Gasteiger partial charge >= 0.3 is 5.97 Å². The lowest BCUT2D eigenvalue weighted by atomic mass is 10.0. The molecule has 0 N–H and O–H groups in total. The molecule has 3 aliphatic rings. The summed E-state index contributed by atoms with van der Waals surface area (Å²) in [5.41, 5.74) is 0.312. The summed E-state index contributed by atoms with van der Waals surface area (Å²) in [6, 6.07) is 0. The van der Waals surface area contributed by atoms with Crippen molar-refractivity contribution in [2.75, 3.05) is 13.2 Å². The molecule has 4 atom stereocenters. The molecule has 130 valence electrons. The van der Waals surface area contributed by atoms with Crippen LogP contribution in [-0.2, 0) is 33.2 Å². The molecule has 3 heterocycles. The minimum Gasteiger partial charge on any atom is -0.456 e. The van der Waals surface area contributed by atoms with Crippen LogP contribution in [0.3, 0.4) is 0 Å². The molecule has 7 heteroatoms. The van der Waals surface area contributed by atoms with Crippen LogP contribution < -0.4 is 0 Å². The van der Waals surface area contributed by atoms with Gasteiger partial charge in [-0.25, -0.2) is 4.79 Å². The van der Waals surface area contributed by atoms with Gasteiger partial charge in [0.1, 0.15) is 24.9 Å². The topological polar surface area (TPSA) is 72.5 Å². The first-order chi connectivity index (χ1) is 10.5. The molecule has 7 nitrogen and oxygen atoms in total. The minimum absolute atomic E-state index is 0.0937. The highest BCUT2D eigenvalue weighted by Crippen LogP contribution is 2.49. The zero-order chi connectivity index (χ0) is 17.0. The van der Waals surface area contributed by atoms with Crippen molar-refractivity contribution in [2.24, 2.45) is 0 Å². The van der Waals surface area contributed by atoms with Crippen molar-refractivity contribution >= 4 is 5.97 Å². The van der Waals surface area contributed by atoms with E-state index in [0.717, 1.165) is 0 Å². The molecule has 0 aliphatic carbocycles. The second-order valence-electron chi connectivity index (χ2n) is 7.16. The van der Waals surface area contributed by atoms with Gasteiger partial charge in [0, 0.05) is 5.57 Å². The first-order valence-corrected chi connectivity index (χ1v) is 7.74. The average Bonchev–Trinajstić information content (AvgIpc) is 2.83. The van der Waals surface area contributed by atoms with Crippen LogP contribution in [0.25, 0.3) is 0 Å². The zero-order valence-electron chi connectivity index (χ0n) is 14.2. The van der Waals surface area contributed by atoms with Crippen LogP contribution in [0, 0.1) is 0 Å². The van der Waals surface area contributed by atoms with E-state index in [0.29, 0.717) is 12.2 Å². The lowest BCUT2D eigenvalue weighted by Gasteiger charge is -2.38. The van der Waals surface area contributed by atoms with Gasteiger partial charge in [-0.05, 0) is 34.6 Å². The summed E-state index contributed by atoms with van der Waals surface area (Å²) in [5.74, 6) is -3.29. The Kier molecular flexibility index (Phi) is 3.85. The van der Waals surface area contributed by atoms with E-state index in [1.54, 1.807) is 20.8 Å². The van der Waals surface area contributed by atoms with Crippen LogP contribution >= 0.6 is 0 Å². The van der Waals surface area contributed by atoms with Crippen molar-refractivity contribution in [3.05, 3.63) is 12.2 Å². The van der Waals surface area contributed by atoms with E-state index in [4.69, 9.17) is 28.4 Å². The molecule has 0 aromatic heterocycles. The molecular formula is C16H24O7. The highest BCUT2D eigenvalue weighted by atomic mass is 16.9. The van der Waals surface area contributed by atoms with Gasteiger partial charge in [-0.1, -0.05) is 6.58 Å². The molecule has 3 rings (SSSR count). The first kappa shape index (κ1) is 16.9. The summed E-state index contributed by atoms with van der Waals surface area (Å²) in [4.78, 5) is 11.7. The van der Waals surface area contributed by atoms with E-state index >= 15 is 0 Å². The van der Waals surface area contributed by atoms with Gasteiger partial charge in [0.05, 0.1) is 6.61 Å². The maximum atomic E-state index is 11.7. The fourth-order valence-corrected chi connectivity index (χ4v) is 3.17. The molecule has 3 saturated heterocycles. The Morgan fingerprint density at radius 1 is 1.17 bits per heavy atom. The van der Waals surface area contributed by atoms with Crippen LogP contribution in [0.5, 0.6) is 0 Å². The summed E-state index contributed by atoms with van der Waals surface area (Å²) in [7, 11) is 0. The van der Waals surface area contributed by atoms with Crippen molar-refractivity contribution in [1.82, 2.24) is 0 Å². The molecular weight excluding hydrogens is 304 g/mol. The number of hydrogen-bond acceptors (Lipinski definition) is 7. The molecule has 3 fully saturated rings. The smallest absolute Gasteiger partial charge is 0.333 e. The molecule has 0 saturated carbocycles. The Morgan fingerprint density at radius 3 is 2.52 bits per heavy atom. The normalized spacial score (nSPS) is 40.3. The van der Waals surface area contributed by atoms with E-state index in [2.05, 4.69) is 6.58 Å². The Balaban J connectivity index is 1.82. The zero-order valence-corrected chi connectivity index (χ0v) is 14.2. The average molecular weight is 328 g/mol. The standard InChI is InChI=1S/C16H24O7/c1-9(2)13(17)18-8-16-12(22-15(5,6)23-16)11-10(20-16)7-19-14(3,4)21-11/h10-12H,1,7-8H2,2-6H3/t10-,11+,12-,16-/m1/s1. The maximum absolute atomic E-state index is 11.7. The highest BCUT2D eigenvalue weighted by Gasteiger charge is 2.67. The van der Waals surface area contributed by atoms with Crippen LogP contribution in [0.1, 0.15) is 34.6 Å². The Labute approximate surface area is 135 Å². The Morgan fingerprint density at radius 2 is 1.87 bits per heavy atom. The number of hydrogen-bond donors (Lipinski definition) is 0. The first-order valence-electron chi connectivity index (χ1n) is 7.74. The van der Waals surface area contributed by atoms with Gasteiger partial charge in [0.25, 0.3) is 0 Å². The quantitative estimate of drug-likeness (QED) is 0.574. The monoisotopic (exact) mass is 328 g/mol. The maximum Gasteiger partial charge on any atom is 0.333 e. The minimum atomic E-state index is -1.20. The summed E-state index contributed by atoms with van der Waals surface area (Å²) in [6.07, 6.45) is -1.21. The van der Waals surface area contributed by atoms with Crippen LogP contribution in [0.4, 0.5) is 0 Å². The summed E-state index contributed by atoms with van der Waals surface area (Å²) < 4.78 is 34.9. The SMILES string of the molecule is C=C(C)C(=O)OC[C@]12O[C@@H]3COC(C)(C)O[C@@H]3[C@H]1OC(C)(C)O2. The van der Waals surface area contributed by atoms with Crippen LogP contribution in [0.15, 0.2) is 12.2 Å². The summed E-state index contributed by atoms with van der Waals surface area (Å²) in [5, 5.41) is 0.